The van der Waals surface area contributed by atoms with Crippen LogP contribution in [0.4, 0.5) is 14.9 Å². The Labute approximate surface area is 223 Å². The molecule has 4 aromatic rings. The number of nitrogens with zero attached hydrogens (tertiary/aromatic N) is 3. The number of amides is 2. The molecule has 0 saturated carbocycles. The third-order valence-corrected chi connectivity index (χ3v) is 6.26. The molecule has 10 nitrogen and oxygen atoms in total. The number of anilines is 1. The zero-order valence-electron chi connectivity index (χ0n) is 21.1. The molecule has 11 heteroatoms. The Morgan fingerprint density at radius 2 is 2.03 bits per heavy atom. The number of halogens is 1. The van der Waals surface area contributed by atoms with Crippen molar-refractivity contribution in [2.45, 2.75) is 18.9 Å². The molecule has 1 atom stereocenters. The maximum absolute atomic E-state index is 13.5. The van der Waals surface area contributed by atoms with Crippen molar-refractivity contribution in [2.75, 3.05) is 25.2 Å². The van der Waals surface area contributed by atoms with E-state index in [1.54, 1.807) is 43.6 Å². The monoisotopic (exact) mass is 531 g/mol. The van der Waals surface area contributed by atoms with Crippen molar-refractivity contribution in [1.82, 2.24) is 20.1 Å². The molecule has 2 aromatic carbocycles. The van der Waals surface area contributed by atoms with Crippen LogP contribution in [0.5, 0.6) is 11.5 Å². The Morgan fingerprint density at radius 1 is 1.15 bits per heavy atom. The van der Waals surface area contributed by atoms with E-state index in [1.165, 1.54) is 35.5 Å². The van der Waals surface area contributed by atoms with Gasteiger partial charge < -0.3 is 24.7 Å². The molecule has 0 bridgehead atoms. The number of pyridine rings is 1. The van der Waals surface area contributed by atoms with E-state index in [0.29, 0.717) is 36.6 Å². The smallest absolute Gasteiger partial charge is 0.342 e. The van der Waals surface area contributed by atoms with Gasteiger partial charge in [0.2, 0.25) is 5.56 Å². The lowest BCUT2D eigenvalue weighted by Gasteiger charge is -2.20. The van der Waals surface area contributed by atoms with Crippen LogP contribution in [0.25, 0.3) is 0 Å². The number of aromatic amines is 1. The van der Waals surface area contributed by atoms with Gasteiger partial charge in [-0.1, -0.05) is 12.1 Å². The molecule has 5 rings (SSSR count). The Bertz CT molecular complexity index is 1570. The lowest BCUT2D eigenvalue weighted by molar-refractivity contribution is -0.120. The number of carbonyl (C=O) groups excluding carboxylic acids is 2. The van der Waals surface area contributed by atoms with Crippen molar-refractivity contribution >= 4 is 17.6 Å². The highest BCUT2D eigenvalue weighted by Crippen LogP contribution is 2.34. The molecule has 0 radical (unpaired) electrons. The second-order valence-electron chi connectivity index (χ2n) is 9.10. The second-order valence-corrected chi connectivity index (χ2v) is 9.10. The van der Waals surface area contributed by atoms with Crippen LogP contribution in [0, 0.1) is 5.82 Å². The van der Waals surface area contributed by atoms with Crippen LogP contribution < -0.4 is 25.2 Å². The average Bonchev–Trinajstić information content (AvgIpc) is 3.35. The largest absolute Gasteiger partial charge is 0.493 e. The third-order valence-electron chi connectivity index (χ3n) is 6.26. The number of carbonyl (C=O) groups is 2. The van der Waals surface area contributed by atoms with Gasteiger partial charge in [-0.25, -0.2) is 9.18 Å². The van der Waals surface area contributed by atoms with Crippen molar-refractivity contribution in [3.8, 4) is 11.5 Å². The topological polar surface area (TPSA) is 119 Å². The number of hydrogen-bond acceptors (Lipinski definition) is 6. The van der Waals surface area contributed by atoms with Crippen LogP contribution in [0.1, 0.15) is 16.7 Å². The lowest BCUT2D eigenvalue weighted by Crippen LogP contribution is -2.50. The predicted octanol–water partition coefficient (Wildman–Crippen LogP) is 2.90. The van der Waals surface area contributed by atoms with Crippen LogP contribution in [-0.4, -0.2) is 53.0 Å². The lowest BCUT2D eigenvalue weighted by atomic mass is 10.1. The summed E-state index contributed by atoms with van der Waals surface area (Å²) < 4.78 is 26.2. The number of aromatic nitrogens is 3. The van der Waals surface area contributed by atoms with E-state index >= 15 is 0 Å². The van der Waals surface area contributed by atoms with Gasteiger partial charge in [-0.3, -0.25) is 9.59 Å². The highest BCUT2D eigenvalue weighted by molar-refractivity contribution is 6.00. The van der Waals surface area contributed by atoms with Crippen molar-refractivity contribution in [2.24, 2.45) is 0 Å². The minimum absolute atomic E-state index is 0.0674. The van der Waals surface area contributed by atoms with Crippen molar-refractivity contribution in [3.63, 3.8) is 0 Å². The first kappa shape index (κ1) is 25.7. The minimum Gasteiger partial charge on any atom is -0.493 e. The van der Waals surface area contributed by atoms with Crippen molar-refractivity contribution in [1.29, 1.82) is 0 Å². The Hall–Kier alpha value is -4.93. The number of benzene rings is 2. The molecule has 0 unspecified atom stereocenters. The number of likely N-dealkylation sites (N-methyl/N-ethyl adjacent to an activating group) is 1. The van der Waals surface area contributed by atoms with Crippen LogP contribution in [-0.2, 0) is 17.6 Å². The highest BCUT2D eigenvalue weighted by atomic mass is 19.1. The van der Waals surface area contributed by atoms with E-state index in [0.717, 1.165) is 21.4 Å². The SMILES string of the molecule is CN1C(=O)[C@@H](NC(=O)n2cc(Cc3cccc(F)c3)cn2)COc2ccc(OCCc3cc[nH]c(=O)c3)cc21. The van der Waals surface area contributed by atoms with Gasteiger partial charge in [0.05, 0.1) is 18.5 Å². The molecule has 1 aliphatic heterocycles. The first-order valence-corrected chi connectivity index (χ1v) is 12.3. The first-order valence-electron chi connectivity index (χ1n) is 12.3. The maximum atomic E-state index is 13.5. The molecule has 200 valence electrons. The van der Waals surface area contributed by atoms with Gasteiger partial charge in [0.25, 0.3) is 5.91 Å². The van der Waals surface area contributed by atoms with E-state index in [1.807, 2.05) is 6.07 Å². The van der Waals surface area contributed by atoms with E-state index in [2.05, 4.69) is 15.4 Å². The summed E-state index contributed by atoms with van der Waals surface area (Å²) in [6, 6.07) is 13.1. The van der Waals surface area contributed by atoms with Gasteiger partial charge in [-0.15, -0.1) is 0 Å². The number of H-pyrrole nitrogens is 1. The van der Waals surface area contributed by atoms with E-state index < -0.39 is 12.1 Å². The number of rotatable bonds is 7. The normalized spacial score (nSPS) is 14.8. The Kier molecular flexibility index (Phi) is 7.39. The number of hydrogen-bond donors (Lipinski definition) is 2. The summed E-state index contributed by atoms with van der Waals surface area (Å²) >= 11 is 0. The molecule has 2 N–H and O–H groups in total. The van der Waals surface area contributed by atoms with Crippen LogP contribution in [0.15, 0.2) is 78.0 Å². The zero-order valence-corrected chi connectivity index (χ0v) is 21.1. The molecule has 3 heterocycles. The molecule has 1 aliphatic rings. The zero-order chi connectivity index (χ0) is 27.4. The van der Waals surface area contributed by atoms with E-state index in [4.69, 9.17) is 9.47 Å². The van der Waals surface area contributed by atoms with Crippen LogP contribution >= 0.6 is 0 Å². The molecule has 0 spiro atoms. The molecular formula is C28H26FN5O5. The number of fused-ring (bicyclic) bond motifs is 1. The number of nitrogens with one attached hydrogen (secondary N) is 2. The average molecular weight is 532 g/mol. The van der Waals surface area contributed by atoms with Crippen LogP contribution in [0.3, 0.4) is 0 Å². The van der Waals surface area contributed by atoms with Crippen molar-refractivity contribution in [3.05, 3.63) is 106 Å². The fourth-order valence-corrected chi connectivity index (χ4v) is 4.26. The molecule has 2 amide bonds. The van der Waals surface area contributed by atoms with Gasteiger partial charge in [-0.2, -0.15) is 9.78 Å². The molecule has 0 aliphatic carbocycles. The summed E-state index contributed by atoms with van der Waals surface area (Å²) in [5, 5.41) is 6.76. The second kappa shape index (κ2) is 11.2. The molecule has 0 saturated heterocycles. The number of ether oxygens (including phenoxy) is 2. The quantitative estimate of drug-likeness (QED) is 0.379. The third kappa shape index (κ3) is 6.15. The summed E-state index contributed by atoms with van der Waals surface area (Å²) in [6.45, 7) is 0.270. The van der Waals surface area contributed by atoms with E-state index in [9.17, 15) is 18.8 Å². The fourth-order valence-electron chi connectivity index (χ4n) is 4.26. The summed E-state index contributed by atoms with van der Waals surface area (Å²) in [4.78, 5) is 41.5. The van der Waals surface area contributed by atoms with Gasteiger partial charge in [-0.05, 0) is 47.0 Å². The molecule has 2 aromatic heterocycles. The van der Waals surface area contributed by atoms with Gasteiger partial charge >= 0.3 is 6.03 Å². The summed E-state index contributed by atoms with van der Waals surface area (Å²) in [5.41, 5.74) is 2.65. The highest BCUT2D eigenvalue weighted by Gasteiger charge is 2.31. The fraction of sp³-hybridized carbons (Fsp3) is 0.214. The predicted molar refractivity (Wildman–Crippen MR) is 141 cm³/mol. The summed E-state index contributed by atoms with van der Waals surface area (Å²) in [5.74, 6) is 0.306. The summed E-state index contributed by atoms with van der Waals surface area (Å²) in [6.07, 6.45) is 5.59. The van der Waals surface area contributed by atoms with Gasteiger partial charge in [0.15, 0.2) is 0 Å². The van der Waals surface area contributed by atoms with Crippen LogP contribution in [0.2, 0.25) is 0 Å². The standard InChI is InChI=1S/C28H26FN5O5/c1-33-24-14-22(38-10-8-18-7-9-30-26(35)13-18)5-6-25(24)39-17-23(27(33)36)32-28(37)34-16-20(15-31-34)11-19-3-2-4-21(29)12-19/h2-7,9,12-16,23H,8,10-11,17H2,1H3,(H,30,35)(H,32,37)/t23-/m0/s1. The van der Waals surface area contributed by atoms with Crippen molar-refractivity contribution < 1.29 is 23.5 Å². The summed E-state index contributed by atoms with van der Waals surface area (Å²) in [7, 11) is 1.60. The Morgan fingerprint density at radius 3 is 2.85 bits per heavy atom. The molecular weight excluding hydrogens is 505 g/mol. The van der Waals surface area contributed by atoms with Gasteiger partial charge in [0.1, 0.15) is 30.0 Å². The molecule has 39 heavy (non-hydrogen) atoms. The minimum atomic E-state index is -0.952. The maximum Gasteiger partial charge on any atom is 0.342 e. The first-order chi connectivity index (χ1) is 18.9. The van der Waals surface area contributed by atoms with E-state index in [-0.39, 0.29) is 23.9 Å². The van der Waals surface area contributed by atoms with Gasteiger partial charge in [0, 0.05) is 44.4 Å². The Balaban J connectivity index is 1.21. The molecule has 0 fully saturated rings.